The summed E-state index contributed by atoms with van der Waals surface area (Å²) in [6.45, 7) is 2.01. The Bertz CT molecular complexity index is 1410. The summed E-state index contributed by atoms with van der Waals surface area (Å²) in [7, 11) is 0. The Hall–Kier alpha value is -4.32. The summed E-state index contributed by atoms with van der Waals surface area (Å²) >= 11 is 0. The summed E-state index contributed by atoms with van der Waals surface area (Å²) < 4.78 is 0. The molecule has 0 aliphatic carbocycles. The number of benzene rings is 3. The average Bonchev–Trinajstić information content (AvgIpc) is 3.26. The van der Waals surface area contributed by atoms with Gasteiger partial charge in [-0.15, -0.1) is 10.2 Å². The van der Waals surface area contributed by atoms with Crippen molar-refractivity contribution in [1.29, 1.82) is 0 Å². The van der Waals surface area contributed by atoms with Gasteiger partial charge in [-0.2, -0.15) is 0 Å². The number of para-hydroxylation sites is 1. The van der Waals surface area contributed by atoms with Gasteiger partial charge in [0.2, 0.25) is 5.91 Å². The van der Waals surface area contributed by atoms with Crippen molar-refractivity contribution in [3.8, 4) is 22.5 Å². The molecule has 0 saturated heterocycles. The Kier molecular flexibility index (Phi) is 5.64. The third kappa shape index (κ3) is 4.50. The van der Waals surface area contributed by atoms with E-state index in [9.17, 15) is 4.79 Å². The number of nitrogens with one attached hydrogen (secondary N) is 2. The first-order chi connectivity index (χ1) is 16.2. The maximum atomic E-state index is 11.2. The molecule has 5 aromatic rings. The zero-order valence-corrected chi connectivity index (χ0v) is 18.2. The van der Waals surface area contributed by atoms with Crippen LogP contribution in [0.2, 0.25) is 0 Å². The number of nitrogens with zero attached hydrogens (tertiary/aromatic N) is 3. The Morgan fingerprint density at radius 3 is 2.36 bits per heavy atom. The van der Waals surface area contributed by atoms with Gasteiger partial charge in [0.15, 0.2) is 5.82 Å². The maximum absolute atomic E-state index is 11.2. The molecule has 0 spiro atoms. The second-order valence-electron chi connectivity index (χ2n) is 7.93. The molecular weight excluding hydrogens is 410 g/mol. The van der Waals surface area contributed by atoms with Gasteiger partial charge in [-0.25, -0.2) is 4.98 Å². The molecule has 0 aliphatic heterocycles. The molecule has 0 aliphatic rings. The number of aromatic nitrogens is 4. The van der Waals surface area contributed by atoms with Gasteiger partial charge in [-0.3, -0.25) is 4.79 Å². The van der Waals surface area contributed by atoms with Crippen LogP contribution in [0.1, 0.15) is 23.9 Å². The van der Waals surface area contributed by atoms with E-state index in [0.717, 1.165) is 39.2 Å². The lowest BCUT2D eigenvalue weighted by Gasteiger charge is -2.10. The molecule has 5 rings (SSSR count). The van der Waals surface area contributed by atoms with Gasteiger partial charge >= 0.3 is 0 Å². The first kappa shape index (κ1) is 20.6. The topological polar surface area (TPSA) is 83.6 Å². The highest BCUT2D eigenvalue weighted by Gasteiger charge is 2.15. The van der Waals surface area contributed by atoms with Crippen molar-refractivity contribution < 1.29 is 4.79 Å². The second-order valence-corrected chi connectivity index (χ2v) is 7.93. The number of fused-ring (bicyclic) bond motifs is 1. The fraction of sp³-hybridized carbons (Fsp3) is 0.111. The number of H-pyrrole nitrogens is 1. The van der Waals surface area contributed by atoms with Crippen molar-refractivity contribution in [3.05, 3.63) is 102 Å². The Balaban J connectivity index is 1.51. The SMILES string of the molecule is CC(=O)NCc1ccc(-c2nnc(Cc3c[nH]c4ccccc34)nc2-c2ccccc2)cc1. The fourth-order valence-electron chi connectivity index (χ4n) is 3.88. The summed E-state index contributed by atoms with van der Waals surface area (Å²) in [6.07, 6.45) is 2.60. The highest BCUT2D eigenvalue weighted by atomic mass is 16.1. The minimum atomic E-state index is -0.0497. The fourth-order valence-corrected chi connectivity index (χ4v) is 3.88. The van der Waals surface area contributed by atoms with Crippen molar-refractivity contribution in [1.82, 2.24) is 25.5 Å². The third-order valence-electron chi connectivity index (χ3n) is 5.57. The number of amides is 1. The summed E-state index contributed by atoms with van der Waals surface area (Å²) in [5.74, 6) is 0.621. The van der Waals surface area contributed by atoms with Crippen molar-refractivity contribution in [2.45, 2.75) is 19.9 Å². The zero-order chi connectivity index (χ0) is 22.6. The predicted molar refractivity (Wildman–Crippen MR) is 129 cm³/mol. The summed E-state index contributed by atoms with van der Waals surface area (Å²) in [5, 5.41) is 13.1. The molecule has 0 fully saturated rings. The lowest BCUT2D eigenvalue weighted by Crippen LogP contribution is -2.18. The van der Waals surface area contributed by atoms with Gasteiger partial charge in [0.25, 0.3) is 0 Å². The van der Waals surface area contributed by atoms with Gasteiger partial charge in [0, 0.05) is 48.1 Å². The molecule has 2 N–H and O–H groups in total. The molecule has 2 heterocycles. The van der Waals surface area contributed by atoms with Crippen LogP contribution in [0.5, 0.6) is 0 Å². The molecule has 6 nitrogen and oxygen atoms in total. The first-order valence-corrected chi connectivity index (χ1v) is 10.8. The van der Waals surface area contributed by atoms with E-state index in [1.54, 1.807) is 0 Å². The molecule has 0 saturated carbocycles. The van der Waals surface area contributed by atoms with E-state index in [2.05, 4.69) is 32.6 Å². The number of hydrogen-bond acceptors (Lipinski definition) is 4. The van der Waals surface area contributed by atoms with Gasteiger partial charge < -0.3 is 10.3 Å². The summed E-state index contributed by atoms with van der Waals surface area (Å²) in [4.78, 5) is 19.4. The lowest BCUT2D eigenvalue weighted by molar-refractivity contribution is -0.119. The number of rotatable bonds is 6. The van der Waals surface area contributed by atoms with E-state index in [1.807, 2.05) is 72.9 Å². The minimum absolute atomic E-state index is 0.0497. The number of hydrogen-bond donors (Lipinski definition) is 2. The molecule has 162 valence electrons. The van der Waals surface area contributed by atoms with Crippen LogP contribution in [-0.4, -0.2) is 26.1 Å². The highest BCUT2D eigenvalue weighted by molar-refractivity contribution is 5.83. The Morgan fingerprint density at radius 1 is 0.848 bits per heavy atom. The molecule has 6 heteroatoms. The Morgan fingerprint density at radius 2 is 1.58 bits per heavy atom. The van der Waals surface area contributed by atoms with E-state index >= 15 is 0 Å². The number of carbonyl (C=O) groups excluding carboxylic acids is 1. The van der Waals surface area contributed by atoms with Crippen LogP contribution in [0.25, 0.3) is 33.4 Å². The highest BCUT2D eigenvalue weighted by Crippen LogP contribution is 2.29. The standard InChI is InChI=1S/C27H23N5O/c1-18(33)28-16-19-11-13-21(14-12-19)27-26(20-7-3-2-4-8-20)30-25(31-32-27)15-22-17-29-24-10-6-5-9-23(22)24/h2-14,17,29H,15-16H2,1H3,(H,28,33). The Labute approximate surface area is 191 Å². The van der Waals surface area contributed by atoms with E-state index in [4.69, 9.17) is 4.98 Å². The average molecular weight is 434 g/mol. The molecule has 2 aromatic heterocycles. The van der Waals surface area contributed by atoms with Crippen molar-refractivity contribution in [2.24, 2.45) is 0 Å². The van der Waals surface area contributed by atoms with E-state index in [0.29, 0.717) is 18.8 Å². The molecule has 0 atom stereocenters. The summed E-state index contributed by atoms with van der Waals surface area (Å²) in [6, 6.07) is 26.2. The zero-order valence-electron chi connectivity index (χ0n) is 18.2. The number of carbonyl (C=O) groups is 1. The van der Waals surface area contributed by atoms with E-state index in [-0.39, 0.29) is 5.91 Å². The molecule has 33 heavy (non-hydrogen) atoms. The van der Waals surface area contributed by atoms with Crippen LogP contribution in [0, 0.1) is 0 Å². The second kappa shape index (κ2) is 9.04. The molecule has 1 amide bonds. The molecule has 0 bridgehead atoms. The van der Waals surface area contributed by atoms with Gasteiger partial charge in [-0.05, 0) is 17.2 Å². The molecule has 0 unspecified atom stereocenters. The predicted octanol–water partition coefficient (Wildman–Crippen LogP) is 4.91. The quantitative estimate of drug-likeness (QED) is 0.398. The normalized spacial score (nSPS) is 10.9. The van der Waals surface area contributed by atoms with E-state index in [1.165, 1.54) is 12.3 Å². The van der Waals surface area contributed by atoms with Crippen molar-refractivity contribution >= 4 is 16.8 Å². The number of aromatic amines is 1. The summed E-state index contributed by atoms with van der Waals surface area (Å²) in [5.41, 5.74) is 6.71. The van der Waals surface area contributed by atoms with Gasteiger partial charge in [0.05, 0.1) is 0 Å². The largest absolute Gasteiger partial charge is 0.361 e. The van der Waals surface area contributed by atoms with Crippen LogP contribution in [0.3, 0.4) is 0 Å². The monoisotopic (exact) mass is 433 g/mol. The maximum Gasteiger partial charge on any atom is 0.217 e. The minimum Gasteiger partial charge on any atom is -0.361 e. The van der Waals surface area contributed by atoms with Crippen LogP contribution in [0.4, 0.5) is 0 Å². The van der Waals surface area contributed by atoms with Gasteiger partial charge in [-0.1, -0.05) is 72.8 Å². The van der Waals surface area contributed by atoms with Crippen molar-refractivity contribution in [2.75, 3.05) is 0 Å². The van der Waals surface area contributed by atoms with Gasteiger partial charge in [0.1, 0.15) is 11.4 Å². The third-order valence-corrected chi connectivity index (χ3v) is 5.57. The van der Waals surface area contributed by atoms with Crippen LogP contribution in [0.15, 0.2) is 85.1 Å². The lowest BCUT2D eigenvalue weighted by atomic mass is 10.0. The van der Waals surface area contributed by atoms with Crippen LogP contribution >= 0.6 is 0 Å². The molecular formula is C27H23N5O. The first-order valence-electron chi connectivity index (χ1n) is 10.8. The smallest absolute Gasteiger partial charge is 0.217 e. The molecule has 3 aromatic carbocycles. The van der Waals surface area contributed by atoms with Crippen molar-refractivity contribution in [3.63, 3.8) is 0 Å². The molecule has 0 radical (unpaired) electrons. The van der Waals surface area contributed by atoms with Crippen LogP contribution < -0.4 is 5.32 Å². The van der Waals surface area contributed by atoms with E-state index < -0.39 is 0 Å². The van der Waals surface area contributed by atoms with Crippen LogP contribution in [-0.2, 0) is 17.8 Å².